The summed E-state index contributed by atoms with van der Waals surface area (Å²) in [7, 11) is 0. The van der Waals surface area contributed by atoms with E-state index in [0.29, 0.717) is 40.6 Å². The van der Waals surface area contributed by atoms with E-state index in [2.05, 4.69) is 15.8 Å². The molecule has 4 N–H and O–H groups in total. The first-order valence-electron chi connectivity index (χ1n) is 7.77. The number of benzene rings is 1. The minimum atomic E-state index is -0.736. The molecule has 130 valence electrons. The fraction of sp³-hybridized carbons (Fsp3) is 0.235. The fourth-order valence-electron chi connectivity index (χ4n) is 2.87. The van der Waals surface area contributed by atoms with Gasteiger partial charge in [0.05, 0.1) is 5.71 Å². The Labute approximate surface area is 149 Å². The molecule has 0 bridgehead atoms. The van der Waals surface area contributed by atoms with Crippen molar-refractivity contribution in [2.45, 2.75) is 26.2 Å². The lowest BCUT2D eigenvalue weighted by Crippen LogP contribution is -2.27. The summed E-state index contributed by atoms with van der Waals surface area (Å²) >= 11 is 5.93. The number of carbonyl (C=O) groups is 2. The van der Waals surface area contributed by atoms with E-state index in [-0.39, 0.29) is 11.7 Å². The highest BCUT2D eigenvalue weighted by atomic mass is 35.5. The van der Waals surface area contributed by atoms with Gasteiger partial charge in [-0.1, -0.05) is 17.7 Å². The summed E-state index contributed by atoms with van der Waals surface area (Å²) in [5.74, 6) is 0.542. The number of furan rings is 1. The Balaban J connectivity index is 1.90. The number of primary amides is 1. The molecule has 1 aliphatic carbocycles. The quantitative estimate of drug-likeness (QED) is 0.731. The number of amides is 3. The maximum atomic E-state index is 12.6. The molecule has 0 unspecified atom stereocenters. The monoisotopic (exact) mass is 360 g/mol. The average Bonchev–Trinajstić information content (AvgIpc) is 2.91. The van der Waals surface area contributed by atoms with Gasteiger partial charge in [-0.2, -0.15) is 5.10 Å². The van der Waals surface area contributed by atoms with Gasteiger partial charge in [0.2, 0.25) is 0 Å². The molecule has 3 rings (SSSR count). The summed E-state index contributed by atoms with van der Waals surface area (Å²) in [5, 5.41) is 7.33. The van der Waals surface area contributed by atoms with Crippen LogP contribution in [0, 0.1) is 6.92 Å². The van der Waals surface area contributed by atoms with E-state index in [1.807, 2.05) is 0 Å². The SMILES string of the molecule is Cc1c(C(=O)Nc2cccc(Cl)c2)oc2c1/C(=N/NC(N)=O)CCC2. The van der Waals surface area contributed by atoms with Crippen molar-refractivity contribution in [3.05, 3.63) is 51.9 Å². The second-order valence-corrected chi connectivity index (χ2v) is 6.14. The third kappa shape index (κ3) is 3.66. The van der Waals surface area contributed by atoms with Gasteiger partial charge in [0, 0.05) is 28.3 Å². The van der Waals surface area contributed by atoms with Crippen molar-refractivity contribution in [3.63, 3.8) is 0 Å². The van der Waals surface area contributed by atoms with Gasteiger partial charge in [0.15, 0.2) is 5.76 Å². The molecule has 1 heterocycles. The molecule has 25 heavy (non-hydrogen) atoms. The first-order chi connectivity index (χ1) is 12.0. The minimum absolute atomic E-state index is 0.221. The van der Waals surface area contributed by atoms with Crippen LogP contribution in [0.1, 0.15) is 40.3 Å². The number of hydrogen-bond donors (Lipinski definition) is 3. The highest BCUT2D eigenvalue weighted by Crippen LogP contribution is 2.30. The highest BCUT2D eigenvalue weighted by Gasteiger charge is 2.28. The number of aryl methyl sites for hydroxylation is 1. The van der Waals surface area contributed by atoms with Gasteiger partial charge >= 0.3 is 6.03 Å². The normalized spacial score (nSPS) is 14.9. The standard InChI is InChI=1S/C17H17ClN4O3/c1-9-14-12(21-22-17(19)24)6-3-7-13(14)25-15(9)16(23)20-11-5-2-4-10(18)8-11/h2,4-5,8H,3,6-7H2,1H3,(H,20,23)(H3,19,22,24)/b21-12+. The number of rotatable bonds is 3. The topological polar surface area (TPSA) is 110 Å². The number of hydrazone groups is 1. The number of nitrogens with zero attached hydrogens (tertiary/aromatic N) is 1. The van der Waals surface area contributed by atoms with Crippen molar-refractivity contribution in [2.24, 2.45) is 10.8 Å². The van der Waals surface area contributed by atoms with E-state index in [1.165, 1.54) is 0 Å². The van der Waals surface area contributed by atoms with E-state index in [4.69, 9.17) is 21.8 Å². The number of halogens is 1. The van der Waals surface area contributed by atoms with Crippen molar-refractivity contribution < 1.29 is 14.0 Å². The van der Waals surface area contributed by atoms with Crippen LogP contribution in [-0.4, -0.2) is 17.6 Å². The smallest absolute Gasteiger partial charge is 0.332 e. The number of urea groups is 1. The Morgan fingerprint density at radius 1 is 1.32 bits per heavy atom. The maximum absolute atomic E-state index is 12.6. The van der Waals surface area contributed by atoms with Gasteiger partial charge in [-0.05, 0) is 38.0 Å². The molecular formula is C17H17ClN4O3. The summed E-state index contributed by atoms with van der Waals surface area (Å²) < 4.78 is 5.77. The Hall–Kier alpha value is -2.80. The molecule has 0 spiro atoms. The zero-order valence-electron chi connectivity index (χ0n) is 13.6. The minimum Gasteiger partial charge on any atom is -0.455 e. The molecule has 0 atom stereocenters. The molecular weight excluding hydrogens is 344 g/mol. The summed E-state index contributed by atoms with van der Waals surface area (Å²) in [6.07, 6.45) is 2.19. The Morgan fingerprint density at radius 2 is 2.12 bits per heavy atom. The largest absolute Gasteiger partial charge is 0.455 e. The molecule has 0 aliphatic heterocycles. The van der Waals surface area contributed by atoms with Gasteiger partial charge in [0.1, 0.15) is 5.76 Å². The number of hydrogen-bond acceptors (Lipinski definition) is 4. The lowest BCUT2D eigenvalue weighted by molar-refractivity contribution is 0.0994. The van der Waals surface area contributed by atoms with Gasteiger partial charge in [-0.15, -0.1) is 0 Å². The highest BCUT2D eigenvalue weighted by molar-refractivity contribution is 6.31. The maximum Gasteiger partial charge on any atom is 0.332 e. The van der Waals surface area contributed by atoms with Crippen LogP contribution in [0.2, 0.25) is 5.02 Å². The second kappa shape index (κ2) is 6.98. The van der Waals surface area contributed by atoms with Crippen LogP contribution in [0.3, 0.4) is 0 Å². The van der Waals surface area contributed by atoms with Crippen LogP contribution < -0.4 is 16.5 Å². The Morgan fingerprint density at radius 3 is 2.84 bits per heavy atom. The molecule has 3 amide bonds. The molecule has 0 radical (unpaired) electrons. The predicted molar refractivity (Wildman–Crippen MR) is 95.0 cm³/mol. The number of carbonyl (C=O) groups excluding carboxylic acids is 2. The predicted octanol–water partition coefficient (Wildman–Crippen LogP) is 3.20. The Bertz CT molecular complexity index is 873. The van der Waals surface area contributed by atoms with Crippen LogP contribution in [0.25, 0.3) is 0 Å². The molecule has 2 aromatic rings. The average molecular weight is 361 g/mol. The summed E-state index contributed by atoms with van der Waals surface area (Å²) in [6, 6.07) is 6.13. The number of nitrogens with one attached hydrogen (secondary N) is 2. The zero-order valence-corrected chi connectivity index (χ0v) is 14.3. The molecule has 7 nitrogen and oxygen atoms in total. The fourth-order valence-corrected chi connectivity index (χ4v) is 3.06. The van der Waals surface area contributed by atoms with Crippen molar-refractivity contribution in [1.29, 1.82) is 0 Å². The summed E-state index contributed by atoms with van der Waals surface area (Å²) in [6.45, 7) is 1.79. The van der Waals surface area contributed by atoms with E-state index >= 15 is 0 Å². The van der Waals surface area contributed by atoms with E-state index in [9.17, 15) is 9.59 Å². The lowest BCUT2D eigenvalue weighted by Gasteiger charge is -2.13. The van der Waals surface area contributed by atoms with Crippen LogP contribution in [0.4, 0.5) is 10.5 Å². The van der Waals surface area contributed by atoms with Crippen molar-refractivity contribution in [2.75, 3.05) is 5.32 Å². The molecule has 0 saturated carbocycles. The third-order valence-electron chi connectivity index (χ3n) is 3.92. The first-order valence-corrected chi connectivity index (χ1v) is 8.15. The lowest BCUT2D eigenvalue weighted by atomic mass is 9.93. The van der Waals surface area contributed by atoms with Gasteiger partial charge < -0.3 is 15.5 Å². The third-order valence-corrected chi connectivity index (χ3v) is 4.15. The summed E-state index contributed by atoms with van der Waals surface area (Å²) in [5.41, 5.74) is 9.98. The number of anilines is 1. The second-order valence-electron chi connectivity index (χ2n) is 5.71. The Kier molecular flexibility index (Phi) is 4.76. The van der Waals surface area contributed by atoms with Gasteiger partial charge in [0.25, 0.3) is 5.91 Å². The van der Waals surface area contributed by atoms with Gasteiger partial charge in [-0.25, -0.2) is 10.2 Å². The van der Waals surface area contributed by atoms with E-state index in [1.54, 1.807) is 31.2 Å². The number of fused-ring (bicyclic) bond motifs is 1. The van der Waals surface area contributed by atoms with Crippen LogP contribution in [-0.2, 0) is 6.42 Å². The molecule has 1 aromatic carbocycles. The van der Waals surface area contributed by atoms with Crippen molar-refractivity contribution in [3.8, 4) is 0 Å². The first kappa shape index (κ1) is 17.0. The van der Waals surface area contributed by atoms with Gasteiger partial charge in [-0.3, -0.25) is 4.79 Å². The van der Waals surface area contributed by atoms with Crippen LogP contribution in [0.5, 0.6) is 0 Å². The molecule has 0 saturated heterocycles. The number of nitrogens with two attached hydrogens (primary N) is 1. The van der Waals surface area contributed by atoms with E-state index in [0.717, 1.165) is 12.0 Å². The molecule has 1 aromatic heterocycles. The molecule has 1 aliphatic rings. The zero-order chi connectivity index (χ0) is 18.0. The molecule has 8 heteroatoms. The van der Waals surface area contributed by atoms with Crippen LogP contribution in [0.15, 0.2) is 33.8 Å². The van der Waals surface area contributed by atoms with Crippen LogP contribution >= 0.6 is 11.6 Å². The molecule has 0 fully saturated rings. The van der Waals surface area contributed by atoms with Crippen molar-refractivity contribution >= 4 is 34.9 Å². The van der Waals surface area contributed by atoms with Crippen molar-refractivity contribution in [1.82, 2.24) is 5.43 Å². The summed E-state index contributed by atoms with van der Waals surface area (Å²) in [4.78, 5) is 23.4. The van der Waals surface area contributed by atoms with E-state index < -0.39 is 6.03 Å².